The van der Waals surface area contributed by atoms with Crippen LogP contribution in [0.4, 0.5) is 5.69 Å². The third-order valence-corrected chi connectivity index (χ3v) is 2.57. The maximum absolute atomic E-state index is 11.5. The number of alkyl halides is 1. The van der Waals surface area contributed by atoms with Gasteiger partial charge in [-0.15, -0.1) is 11.6 Å². The maximum atomic E-state index is 11.5. The first-order valence-corrected chi connectivity index (χ1v) is 6.12. The van der Waals surface area contributed by atoms with E-state index in [1.165, 1.54) is 12.1 Å². The molecule has 1 rings (SSSR count). The van der Waals surface area contributed by atoms with Crippen LogP contribution in [-0.2, 0) is 4.79 Å². The minimum Gasteiger partial charge on any atom is -0.419 e. The fourth-order valence-corrected chi connectivity index (χ4v) is 1.56. The van der Waals surface area contributed by atoms with E-state index in [2.05, 4.69) is 0 Å². The van der Waals surface area contributed by atoms with Gasteiger partial charge in [0, 0.05) is 23.9 Å². The highest BCUT2D eigenvalue weighted by atomic mass is 35.5. The summed E-state index contributed by atoms with van der Waals surface area (Å²) in [4.78, 5) is 32.1. The van der Waals surface area contributed by atoms with Gasteiger partial charge in [0.1, 0.15) is 6.29 Å². The van der Waals surface area contributed by atoms with Gasteiger partial charge in [-0.25, -0.2) is 0 Å². The monoisotopic (exact) mass is 285 g/mol. The minimum absolute atomic E-state index is 0.138. The molecule has 1 aromatic carbocycles. The predicted molar refractivity (Wildman–Crippen MR) is 68.7 cm³/mol. The highest BCUT2D eigenvalue weighted by Crippen LogP contribution is 2.27. The van der Waals surface area contributed by atoms with Gasteiger partial charge in [-0.1, -0.05) is 0 Å². The van der Waals surface area contributed by atoms with Crippen LogP contribution >= 0.6 is 11.6 Å². The van der Waals surface area contributed by atoms with Crippen LogP contribution in [0.1, 0.15) is 29.6 Å². The van der Waals surface area contributed by atoms with Crippen LogP contribution < -0.4 is 4.74 Å². The lowest BCUT2D eigenvalue weighted by Gasteiger charge is -2.05. The van der Waals surface area contributed by atoms with Crippen molar-refractivity contribution in [1.82, 2.24) is 0 Å². The van der Waals surface area contributed by atoms with Crippen LogP contribution in [0.15, 0.2) is 18.2 Å². The smallest absolute Gasteiger partial charge is 0.312 e. The maximum Gasteiger partial charge on any atom is 0.312 e. The molecule has 0 heterocycles. The van der Waals surface area contributed by atoms with E-state index in [-0.39, 0.29) is 17.7 Å². The molecule has 0 amide bonds. The van der Waals surface area contributed by atoms with Crippen molar-refractivity contribution in [3.63, 3.8) is 0 Å². The molecule has 7 heteroatoms. The number of unbranched alkanes of at least 4 members (excludes halogenated alkanes) is 1. The van der Waals surface area contributed by atoms with E-state index in [4.69, 9.17) is 16.3 Å². The molecule has 0 aromatic heterocycles. The van der Waals surface area contributed by atoms with E-state index < -0.39 is 16.6 Å². The summed E-state index contributed by atoms with van der Waals surface area (Å²) in [6, 6.07) is 3.65. The Labute approximate surface area is 114 Å². The number of hydrogen-bond donors (Lipinski definition) is 0. The number of esters is 1. The number of hydrogen-bond acceptors (Lipinski definition) is 5. The number of nitro benzene ring substituents is 1. The molecular formula is C12H12ClNO5. The zero-order chi connectivity index (χ0) is 14.3. The summed E-state index contributed by atoms with van der Waals surface area (Å²) in [6.45, 7) is 0. The van der Waals surface area contributed by atoms with Crippen molar-refractivity contribution in [2.75, 3.05) is 5.88 Å². The molecule has 6 nitrogen and oxygen atoms in total. The van der Waals surface area contributed by atoms with Crippen LogP contribution in [0.25, 0.3) is 0 Å². The van der Waals surface area contributed by atoms with E-state index >= 15 is 0 Å². The molecule has 0 spiro atoms. The topological polar surface area (TPSA) is 86.5 Å². The molecule has 0 radical (unpaired) electrons. The van der Waals surface area contributed by atoms with Crippen LogP contribution in [-0.4, -0.2) is 23.1 Å². The lowest BCUT2D eigenvalue weighted by Crippen LogP contribution is -2.09. The molecular weight excluding hydrogens is 274 g/mol. The van der Waals surface area contributed by atoms with E-state index in [1.54, 1.807) is 0 Å². The second kappa shape index (κ2) is 7.48. The van der Waals surface area contributed by atoms with Gasteiger partial charge in [0.25, 0.3) is 0 Å². The molecule has 0 saturated carbocycles. The summed E-state index contributed by atoms with van der Waals surface area (Å²) in [6.07, 6.45) is 1.85. The average Bonchev–Trinajstić information content (AvgIpc) is 2.39. The summed E-state index contributed by atoms with van der Waals surface area (Å²) in [7, 11) is 0. The molecule has 102 valence electrons. The van der Waals surface area contributed by atoms with Crippen molar-refractivity contribution in [2.24, 2.45) is 0 Å². The lowest BCUT2D eigenvalue weighted by molar-refractivity contribution is -0.385. The van der Waals surface area contributed by atoms with Crippen LogP contribution in [0.2, 0.25) is 0 Å². The fraction of sp³-hybridized carbons (Fsp3) is 0.333. The number of aldehydes is 1. The molecule has 1 aromatic rings. The molecule has 0 unspecified atom stereocenters. The number of carbonyl (C=O) groups is 2. The number of benzene rings is 1. The first-order chi connectivity index (χ1) is 9.08. The highest BCUT2D eigenvalue weighted by molar-refractivity contribution is 6.17. The van der Waals surface area contributed by atoms with Crippen molar-refractivity contribution in [2.45, 2.75) is 19.3 Å². The number of rotatable bonds is 7. The Hall–Kier alpha value is -1.95. The fourth-order valence-electron chi connectivity index (χ4n) is 1.37. The van der Waals surface area contributed by atoms with Gasteiger partial charge in [-0.3, -0.25) is 19.7 Å². The van der Waals surface area contributed by atoms with E-state index in [0.29, 0.717) is 25.0 Å². The zero-order valence-corrected chi connectivity index (χ0v) is 10.8. The first kappa shape index (κ1) is 15.1. The second-order valence-electron chi connectivity index (χ2n) is 3.72. The molecule has 0 aliphatic carbocycles. The normalized spacial score (nSPS) is 9.95. The van der Waals surface area contributed by atoms with Gasteiger partial charge in [0.05, 0.1) is 4.92 Å². The van der Waals surface area contributed by atoms with E-state index in [1.807, 2.05) is 0 Å². The quantitative estimate of drug-likeness (QED) is 0.146. The predicted octanol–water partition coefficient (Wildman–Crippen LogP) is 2.72. The summed E-state index contributed by atoms with van der Waals surface area (Å²) in [5, 5.41) is 10.8. The Morgan fingerprint density at radius 1 is 1.42 bits per heavy atom. The summed E-state index contributed by atoms with van der Waals surface area (Å²) >= 11 is 5.47. The summed E-state index contributed by atoms with van der Waals surface area (Å²) < 4.78 is 4.91. The Balaban J connectivity index is 2.79. The molecule has 0 fully saturated rings. The van der Waals surface area contributed by atoms with Crippen LogP contribution in [0.3, 0.4) is 0 Å². The van der Waals surface area contributed by atoms with Gasteiger partial charge in [-0.05, 0) is 25.0 Å². The molecule has 0 aliphatic rings. The largest absolute Gasteiger partial charge is 0.419 e. The number of ether oxygens (including phenoxy) is 1. The Bertz CT molecular complexity index is 489. The van der Waals surface area contributed by atoms with Crippen molar-refractivity contribution < 1.29 is 19.2 Å². The molecule has 0 N–H and O–H groups in total. The van der Waals surface area contributed by atoms with E-state index in [9.17, 15) is 19.7 Å². The van der Waals surface area contributed by atoms with Crippen molar-refractivity contribution >= 4 is 29.5 Å². The van der Waals surface area contributed by atoms with Crippen molar-refractivity contribution in [1.29, 1.82) is 0 Å². The number of halogens is 1. The number of nitrogens with zero attached hydrogens (tertiary/aromatic N) is 1. The molecule has 0 atom stereocenters. The Kier molecular flexibility index (Phi) is 5.95. The second-order valence-corrected chi connectivity index (χ2v) is 4.10. The van der Waals surface area contributed by atoms with Crippen LogP contribution in [0, 0.1) is 10.1 Å². The molecule has 19 heavy (non-hydrogen) atoms. The van der Waals surface area contributed by atoms with Crippen LogP contribution in [0.5, 0.6) is 5.75 Å². The SMILES string of the molecule is O=Cc1ccc(OC(=O)CCCCCl)c([N+](=O)[O-])c1. The van der Waals surface area contributed by atoms with Gasteiger partial charge in [0.2, 0.25) is 5.75 Å². The number of nitro groups is 1. The third kappa shape index (κ3) is 4.67. The van der Waals surface area contributed by atoms with Gasteiger partial charge in [-0.2, -0.15) is 0 Å². The van der Waals surface area contributed by atoms with Gasteiger partial charge >= 0.3 is 11.7 Å². The molecule has 0 saturated heterocycles. The van der Waals surface area contributed by atoms with Crippen molar-refractivity contribution in [3.8, 4) is 5.75 Å². The molecule has 0 bridgehead atoms. The highest BCUT2D eigenvalue weighted by Gasteiger charge is 2.18. The molecule has 0 aliphatic heterocycles. The van der Waals surface area contributed by atoms with E-state index in [0.717, 1.165) is 6.07 Å². The minimum atomic E-state index is -0.700. The third-order valence-electron chi connectivity index (χ3n) is 2.30. The number of carbonyl (C=O) groups excluding carboxylic acids is 2. The Morgan fingerprint density at radius 3 is 2.74 bits per heavy atom. The zero-order valence-electron chi connectivity index (χ0n) is 10.0. The lowest BCUT2D eigenvalue weighted by atomic mass is 10.2. The van der Waals surface area contributed by atoms with Crippen molar-refractivity contribution in [3.05, 3.63) is 33.9 Å². The average molecular weight is 286 g/mol. The van der Waals surface area contributed by atoms with Gasteiger partial charge < -0.3 is 4.74 Å². The standard InChI is InChI=1S/C12H12ClNO5/c13-6-2-1-3-12(16)19-11-5-4-9(8-15)7-10(11)14(17)18/h4-5,7-8H,1-3,6H2. The van der Waals surface area contributed by atoms with Gasteiger partial charge in [0.15, 0.2) is 0 Å². The summed E-state index contributed by atoms with van der Waals surface area (Å²) in [5.41, 5.74) is -0.260. The summed E-state index contributed by atoms with van der Waals surface area (Å²) in [5.74, 6) is -0.278. The Morgan fingerprint density at radius 2 is 2.16 bits per heavy atom. The first-order valence-electron chi connectivity index (χ1n) is 5.58.